The van der Waals surface area contributed by atoms with Gasteiger partial charge < -0.3 is 10.0 Å². The SMILES string of the molecule is CN(C[C@@H](O)c1ccccc1)[C@H]1C[C@H]2CC[C@H]1C2. The van der Waals surface area contributed by atoms with Crippen LogP contribution in [0, 0.1) is 11.8 Å². The fourth-order valence-electron chi connectivity index (χ4n) is 3.94. The second-order valence-corrected chi connectivity index (χ2v) is 6.11. The van der Waals surface area contributed by atoms with E-state index < -0.39 is 0 Å². The minimum Gasteiger partial charge on any atom is -0.387 e. The molecular formula is C16H23NO. The summed E-state index contributed by atoms with van der Waals surface area (Å²) in [5, 5.41) is 10.3. The summed E-state index contributed by atoms with van der Waals surface area (Å²) < 4.78 is 0. The predicted molar refractivity (Wildman–Crippen MR) is 73.3 cm³/mol. The van der Waals surface area contributed by atoms with Crippen LogP contribution in [-0.2, 0) is 0 Å². The quantitative estimate of drug-likeness (QED) is 0.881. The molecule has 1 N–H and O–H groups in total. The van der Waals surface area contributed by atoms with Crippen molar-refractivity contribution >= 4 is 0 Å². The number of hydrogen-bond donors (Lipinski definition) is 1. The van der Waals surface area contributed by atoms with Crippen LogP contribution in [0.25, 0.3) is 0 Å². The van der Waals surface area contributed by atoms with Gasteiger partial charge in [-0.1, -0.05) is 36.8 Å². The Kier molecular flexibility index (Phi) is 3.40. The monoisotopic (exact) mass is 245 g/mol. The van der Waals surface area contributed by atoms with Crippen LogP contribution < -0.4 is 0 Å². The van der Waals surface area contributed by atoms with E-state index in [1.165, 1.54) is 25.7 Å². The van der Waals surface area contributed by atoms with Gasteiger partial charge in [0.1, 0.15) is 0 Å². The molecule has 2 aliphatic rings. The molecule has 0 radical (unpaired) electrons. The van der Waals surface area contributed by atoms with Crippen LogP contribution in [0.4, 0.5) is 0 Å². The van der Waals surface area contributed by atoms with Crippen molar-refractivity contribution in [3.63, 3.8) is 0 Å². The van der Waals surface area contributed by atoms with Crippen molar-refractivity contribution in [1.82, 2.24) is 4.90 Å². The Labute approximate surface area is 110 Å². The zero-order valence-corrected chi connectivity index (χ0v) is 11.1. The summed E-state index contributed by atoms with van der Waals surface area (Å²) in [5.74, 6) is 1.86. The first-order valence-electron chi connectivity index (χ1n) is 7.17. The molecule has 0 saturated heterocycles. The van der Waals surface area contributed by atoms with E-state index in [0.717, 1.165) is 23.9 Å². The lowest BCUT2D eigenvalue weighted by Crippen LogP contribution is -2.38. The number of rotatable bonds is 4. The smallest absolute Gasteiger partial charge is 0.0916 e. The molecule has 18 heavy (non-hydrogen) atoms. The van der Waals surface area contributed by atoms with Gasteiger partial charge >= 0.3 is 0 Å². The second-order valence-electron chi connectivity index (χ2n) is 6.11. The Morgan fingerprint density at radius 2 is 2.00 bits per heavy atom. The Morgan fingerprint density at radius 3 is 2.61 bits per heavy atom. The third-order valence-electron chi connectivity index (χ3n) is 4.91. The number of likely N-dealkylation sites (N-methyl/N-ethyl adjacent to an activating group) is 1. The van der Waals surface area contributed by atoms with Gasteiger partial charge in [-0.05, 0) is 43.7 Å². The molecule has 98 valence electrons. The van der Waals surface area contributed by atoms with Crippen LogP contribution in [0.1, 0.15) is 37.4 Å². The zero-order valence-electron chi connectivity index (χ0n) is 11.1. The summed E-state index contributed by atoms with van der Waals surface area (Å²) in [4.78, 5) is 2.39. The van der Waals surface area contributed by atoms with Crippen LogP contribution in [0.15, 0.2) is 30.3 Å². The number of aliphatic hydroxyl groups is 1. The normalized spacial score (nSPS) is 32.1. The molecule has 0 amide bonds. The average molecular weight is 245 g/mol. The summed E-state index contributed by atoms with van der Waals surface area (Å²) in [5.41, 5.74) is 1.03. The van der Waals surface area contributed by atoms with Crippen molar-refractivity contribution in [2.75, 3.05) is 13.6 Å². The van der Waals surface area contributed by atoms with E-state index in [0.29, 0.717) is 6.04 Å². The molecule has 0 aliphatic heterocycles. The molecule has 4 atom stereocenters. The number of fused-ring (bicyclic) bond motifs is 2. The molecule has 0 heterocycles. The summed E-state index contributed by atoms with van der Waals surface area (Å²) >= 11 is 0. The summed E-state index contributed by atoms with van der Waals surface area (Å²) in [7, 11) is 2.18. The van der Waals surface area contributed by atoms with E-state index >= 15 is 0 Å². The van der Waals surface area contributed by atoms with Gasteiger partial charge in [0.15, 0.2) is 0 Å². The first kappa shape index (κ1) is 12.2. The molecule has 2 nitrogen and oxygen atoms in total. The molecule has 2 bridgehead atoms. The summed E-state index contributed by atoms with van der Waals surface area (Å²) in [6.07, 6.45) is 5.27. The Hall–Kier alpha value is -0.860. The van der Waals surface area contributed by atoms with Crippen molar-refractivity contribution in [2.45, 2.75) is 37.8 Å². The maximum atomic E-state index is 10.3. The van der Waals surface area contributed by atoms with Gasteiger partial charge in [0.25, 0.3) is 0 Å². The van der Waals surface area contributed by atoms with E-state index in [2.05, 4.69) is 11.9 Å². The van der Waals surface area contributed by atoms with Gasteiger partial charge in [0.05, 0.1) is 6.10 Å². The van der Waals surface area contributed by atoms with E-state index in [4.69, 9.17) is 0 Å². The van der Waals surface area contributed by atoms with Crippen LogP contribution >= 0.6 is 0 Å². The van der Waals surface area contributed by atoms with Crippen molar-refractivity contribution in [2.24, 2.45) is 11.8 Å². The van der Waals surface area contributed by atoms with Crippen LogP contribution in [0.3, 0.4) is 0 Å². The standard InChI is InChI=1S/C16H23NO/c1-17(15-10-12-7-8-14(15)9-12)11-16(18)13-5-3-2-4-6-13/h2-6,12,14-16,18H,7-11H2,1H3/t12-,14-,15-,16+/m0/s1. The topological polar surface area (TPSA) is 23.5 Å². The molecule has 3 rings (SSSR count). The number of aliphatic hydroxyl groups excluding tert-OH is 1. The average Bonchev–Trinajstić information content (AvgIpc) is 3.02. The molecule has 0 unspecified atom stereocenters. The largest absolute Gasteiger partial charge is 0.387 e. The van der Waals surface area contributed by atoms with Gasteiger partial charge in [-0.15, -0.1) is 0 Å². The van der Waals surface area contributed by atoms with Crippen LogP contribution in [0.5, 0.6) is 0 Å². The summed E-state index contributed by atoms with van der Waals surface area (Å²) in [6, 6.07) is 10.7. The molecule has 1 aromatic carbocycles. The molecule has 2 heteroatoms. The van der Waals surface area contributed by atoms with Crippen molar-refractivity contribution in [3.8, 4) is 0 Å². The first-order chi connectivity index (χ1) is 8.74. The minimum absolute atomic E-state index is 0.352. The lowest BCUT2D eigenvalue weighted by Gasteiger charge is -2.32. The summed E-state index contributed by atoms with van der Waals surface area (Å²) in [6.45, 7) is 0.762. The molecular weight excluding hydrogens is 222 g/mol. The molecule has 2 aliphatic carbocycles. The maximum absolute atomic E-state index is 10.3. The van der Waals surface area contributed by atoms with E-state index in [9.17, 15) is 5.11 Å². The van der Waals surface area contributed by atoms with Crippen molar-refractivity contribution in [1.29, 1.82) is 0 Å². The van der Waals surface area contributed by atoms with E-state index in [1.54, 1.807) is 0 Å². The van der Waals surface area contributed by atoms with E-state index in [1.807, 2.05) is 30.3 Å². The molecule has 0 spiro atoms. The van der Waals surface area contributed by atoms with Gasteiger partial charge in [0.2, 0.25) is 0 Å². The fraction of sp³-hybridized carbons (Fsp3) is 0.625. The van der Waals surface area contributed by atoms with E-state index in [-0.39, 0.29) is 6.10 Å². The maximum Gasteiger partial charge on any atom is 0.0916 e. The number of benzene rings is 1. The minimum atomic E-state index is -0.352. The Bertz CT molecular complexity index is 391. The predicted octanol–water partition coefficient (Wildman–Crippen LogP) is 2.84. The second kappa shape index (κ2) is 5.02. The first-order valence-corrected chi connectivity index (χ1v) is 7.17. The third kappa shape index (κ3) is 2.32. The van der Waals surface area contributed by atoms with Crippen molar-refractivity contribution < 1.29 is 5.11 Å². The number of nitrogens with zero attached hydrogens (tertiary/aromatic N) is 1. The molecule has 2 saturated carbocycles. The third-order valence-corrected chi connectivity index (χ3v) is 4.91. The molecule has 1 aromatic rings. The van der Waals surface area contributed by atoms with Crippen molar-refractivity contribution in [3.05, 3.63) is 35.9 Å². The zero-order chi connectivity index (χ0) is 12.5. The van der Waals surface area contributed by atoms with Gasteiger partial charge in [-0.25, -0.2) is 0 Å². The molecule has 0 aromatic heterocycles. The highest BCUT2D eigenvalue weighted by molar-refractivity contribution is 5.17. The highest BCUT2D eigenvalue weighted by atomic mass is 16.3. The Balaban J connectivity index is 1.59. The highest BCUT2D eigenvalue weighted by Crippen LogP contribution is 2.46. The van der Waals surface area contributed by atoms with Crippen LogP contribution in [0.2, 0.25) is 0 Å². The van der Waals surface area contributed by atoms with Gasteiger partial charge in [0, 0.05) is 12.6 Å². The highest BCUT2D eigenvalue weighted by Gasteiger charge is 2.41. The lowest BCUT2D eigenvalue weighted by molar-refractivity contribution is 0.0853. The number of hydrogen-bond acceptors (Lipinski definition) is 2. The lowest BCUT2D eigenvalue weighted by atomic mass is 9.94. The Morgan fingerprint density at radius 1 is 1.22 bits per heavy atom. The molecule has 2 fully saturated rings. The van der Waals surface area contributed by atoms with Gasteiger partial charge in [-0.2, -0.15) is 0 Å². The fourth-order valence-corrected chi connectivity index (χ4v) is 3.94. The van der Waals surface area contributed by atoms with Crippen LogP contribution in [-0.4, -0.2) is 29.6 Å². The van der Waals surface area contributed by atoms with Gasteiger partial charge in [-0.3, -0.25) is 0 Å².